The minimum absolute atomic E-state index is 0.0747. The SMILES string of the molecule is COC(=O)C1C2CC(C(C)C2C2C3CC(CC3C(=O)OCCO)C2C2C(=O)OC(=O)C2C2C(C)C3CC(C(=O)OC4CCCCO4)C2C3)C1C(=O)O. The maximum Gasteiger partial charge on any atom is 0.317 e. The van der Waals surface area contributed by atoms with E-state index in [2.05, 4.69) is 6.92 Å². The molecule has 0 amide bonds. The number of aliphatic carboxylic acids is 1. The molecular formula is C39H52O13. The lowest BCUT2D eigenvalue weighted by atomic mass is 9.54. The van der Waals surface area contributed by atoms with E-state index in [1.54, 1.807) is 0 Å². The van der Waals surface area contributed by atoms with Gasteiger partial charge in [-0.25, -0.2) is 0 Å². The van der Waals surface area contributed by atoms with E-state index in [1.807, 2.05) is 6.92 Å². The van der Waals surface area contributed by atoms with Crippen LogP contribution in [0.4, 0.5) is 0 Å². The highest BCUT2D eigenvalue weighted by molar-refractivity contribution is 5.97. The normalized spacial score (nSPS) is 48.6. The third-order valence-corrected chi connectivity index (χ3v) is 15.7. The number of ether oxygens (including phenoxy) is 5. The first-order valence-corrected chi connectivity index (χ1v) is 19.6. The molecule has 19 unspecified atom stereocenters. The molecular weight excluding hydrogens is 676 g/mol. The predicted octanol–water partition coefficient (Wildman–Crippen LogP) is 3.10. The van der Waals surface area contributed by atoms with Crippen molar-refractivity contribution in [3.05, 3.63) is 0 Å². The van der Waals surface area contributed by atoms with Crippen LogP contribution in [0.2, 0.25) is 0 Å². The van der Waals surface area contributed by atoms with Gasteiger partial charge in [0, 0.05) is 6.42 Å². The Labute approximate surface area is 303 Å². The second kappa shape index (κ2) is 13.7. The number of aliphatic hydroxyl groups is 1. The summed E-state index contributed by atoms with van der Waals surface area (Å²) < 4.78 is 27.7. The summed E-state index contributed by atoms with van der Waals surface area (Å²) in [6.45, 7) is 4.27. The number of hydrogen-bond donors (Lipinski definition) is 2. The Morgan fingerprint density at radius 2 is 1.40 bits per heavy atom. The van der Waals surface area contributed by atoms with Gasteiger partial charge in [0.2, 0.25) is 6.29 Å². The third kappa shape index (κ3) is 5.44. The second-order valence-corrected chi connectivity index (χ2v) is 17.4. The number of hydrogen-bond acceptors (Lipinski definition) is 12. The molecule has 52 heavy (non-hydrogen) atoms. The van der Waals surface area contributed by atoms with Crippen molar-refractivity contribution in [1.82, 2.24) is 0 Å². The summed E-state index contributed by atoms with van der Waals surface area (Å²) in [6.07, 6.45) is 5.01. The Morgan fingerprint density at radius 1 is 0.731 bits per heavy atom. The van der Waals surface area contributed by atoms with E-state index < -0.39 is 71.6 Å². The lowest BCUT2D eigenvalue weighted by Crippen LogP contribution is -2.51. The van der Waals surface area contributed by atoms with Crippen molar-refractivity contribution in [1.29, 1.82) is 0 Å². The summed E-state index contributed by atoms with van der Waals surface area (Å²) in [7, 11) is 1.27. The van der Waals surface area contributed by atoms with Crippen molar-refractivity contribution in [3.63, 3.8) is 0 Å². The fraction of sp³-hybridized carbons (Fsp3) is 0.846. The Hall–Kier alpha value is -3.06. The van der Waals surface area contributed by atoms with Crippen molar-refractivity contribution < 1.29 is 62.7 Å². The molecule has 19 atom stereocenters. The van der Waals surface area contributed by atoms with Crippen LogP contribution in [0.1, 0.15) is 65.2 Å². The average molecular weight is 729 g/mol. The van der Waals surface area contributed by atoms with Gasteiger partial charge in [-0.2, -0.15) is 0 Å². The van der Waals surface area contributed by atoms with Crippen LogP contribution in [-0.4, -0.2) is 79.2 Å². The summed E-state index contributed by atoms with van der Waals surface area (Å²) in [6, 6.07) is 0. The quantitative estimate of drug-likeness (QED) is 0.190. The van der Waals surface area contributed by atoms with Crippen LogP contribution in [0.3, 0.4) is 0 Å². The van der Waals surface area contributed by atoms with E-state index >= 15 is 0 Å². The molecule has 13 nitrogen and oxygen atoms in total. The summed E-state index contributed by atoms with van der Waals surface area (Å²) in [4.78, 5) is 81.0. The molecule has 2 heterocycles. The summed E-state index contributed by atoms with van der Waals surface area (Å²) >= 11 is 0. The van der Waals surface area contributed by atoms with Crippen LogP contribution in [0, 0.1) is 107 Å². The Balaban J connectivity index is 1.13. The highest BCUT2D eigenvalue weighted by Crippen LogP contribution is 2.71. The number of rotatable bonds is 10. The zero-order chi connectivity index (χ0) is 36.7. The fourth-order valence-corrected chi connectivity index (χ4v) is 14.1. The molecule has 0 spiro atoms. The summed E-state index contributed by atoms with van der Waals surface area (Å²) in [5.41, 5.74) is 0. The van der Waals surface area contributed by atoms with Crippen LogP contribution in [0.15, 0.2) is 0 Å². The topological polar surface area (TPSA) is 189 Å². The van der Waals surface area contributed by atoms with Gasteiger partial charge in [-0.1, -0.05) is 13.8 Å². The first kappa shape index (κ1) is 35.9. The van der Waals surface area contributed by atoms with Crippen molar-refractivity contribution in [2.75, 3.05) is 26.9 Å². The van der Waals surface area contributed by atoms with Gasteiger partial charge < -0.3 is 33.9 Å². The van der Waals surface area contributed by atoms with E-state index in [1.165, 1.54) is 7.11 Å². The molecule has 8 fully saturated rings. The molecule has 6 aliphatic carbocycles. The van der Waals surface area contributed by atoms with E-state index in [0.717, 1.165) is 19.3 Å². The highest BCUT2D eigenvalue weighted by atomic mass is 16.7. The van der Waals surface area contributed by atoms with Crippen molar-refractivity contribution >= 4 is 35.8 Å². The molecule has 6 bridgehead atoms. The zero-order valence-electron chi connectivity index (χ0n) is 30.1. The minimum Gasteiger partial charge on any atom is -0.481 e. The lowest BCUT2D eigenvalue weighted by molar-refractivity contribution is -0.194. The van der Waals surface area contributed by atoms with Gasteiger partial charge in [0.1, 0.15) is 6.61 Å². The van der Waals surface area contributed by atoms with Gasteiger partial charge in [-0.3, -0.25) is 28.8 Å². The van der Waals surface area contributed by atoms with E-state index in [-0.39, 0.29) is 90.2 Å². The second-order valence-electron chi connectivity index (χ2n) is 17.4. The van der Waals surface area contributed by atoms with Gasteiger partial charge in [0.15, 0.2) is 0 Å². The molecule has 286 valence electrons. The van der Waals surface area contributed by atoms with Crippen molar-refractivity contribution in [3.8, 4) is 0 Å². The smallest absolute Gasteiger partial charge is 0.317 e. The Bertz CT molecular complexity index is 1490. The third-order valence-electron chi connectivity index (χ3n) is 15.7. The van der Waals surface area contributed by atoms with E-state index in [9.17, 15) is 39.0 Å². The number of esters is 5. The van der Waals surface area contributed by atoms with Crippen molar-refractivity contribution in [2.24, 2.45) is 107 Å². The summed E-state index contributed by atoms with van der Waals surface area (Å²) in [5.74, 6) is -9.59. The van der Waals surface area contributed by atoms with E-state index in [4.69, 9.17) is 23.7 Å². The number of carbonyl (C=O) groups is 6. The Morgan fingerprint density at radius 3 is 2.06 bits per heavy atom. The first-order valence-electron chi connectivity index (χ1n) is 19.6. The van der Waals surface area contributed by atoms with Crippen LogP contribution < -0.4 is 0 Å². The Kier molecular flexibility index (Phi) is 9.44. The molecule has 0 radical (unpaired) electrons. The number of carbonyl (C=O) groups excluding carboxylic acids is 5. The lowest BCUT2D eigenvalue weighted by Gasteiger charge is -2.48. The van der Waals surface area contributed by atoms with Crippen LogP contribution in [0.5, 0.6) is 0 Å². The van der Waals surface area contributed by atoms with Gasteiger partial charge in [0.05, 0.1) is 55.8 Å². The minimum atomic E-state index is -1.03. The monoisotopic (exact) mass is 728 g/mol. The number of carboxylic acid groups (broad SMARTS) is 1. The number of aliphatic hydroxyl groups excluding tert-OH is 1. The molecule has 2 saturated heterocycles. The molecule has 0 aromatic heterocycles. The van der Waals surface area contributed by atoms with Crippen LogP contribution in [-0.2, 0) is 52.5 Å². The van der Waals surface area contributed by atoms with Gasteiger partial charge in [-0.15, -0.1) is 0 Å². The number of fused-ring (bicyclic) bond motifs is 6. The first-order chi connectivity index (χ1) is 25.0. The molecule has 8 aliphatic rings. The van der Waals surface area contributed by atoms with Gasteiger partial charge in [-0.05, 0) is 116 Å². The standard InChI is InChI=1S/C39H52O13/c1-15-17-10-20(23(11-17)36(44)51-25-6-4-5-8-49-25)26(15)32-33(39(47)52-38(32)46)28-18-12-21(22(13-18)35(43)50-9-7-40)29(28)27-16(2)19-14-24(27)31(37(45)48-3)30(19)34(41)42/h15-33,40H,4-14H2,1-3H3,(H,41,42). The molecule has 2 N–H and O–H groups in total. The maximum atomic E-state index is 14.1. The van der Waals surface area contributed by atoms with Gasteiger partial charge in [0.25, 0.3) is 0 Å². The number of cyclic esters (lactones) is 2. The number of methoxy groups -OCH3 is 1. The molecule has 8 rings (SSSR count). The van der Waals surface area contributed by atoms with Crippen molar-refractivity contribution in [2.45, 2.75) is 71.5 Å². The van der Waals surface area contributed by atoms with Crippen LogP contribution in [0.25, 0.3) is 0 Å². The number of carboxylic acids is 1. The molecule has 6 saturated carbocycles. The fourth-order valence-electron chi connectivity index (χ4n) is 14.1. The molecule has 2 aliphatic heterocycles. The molecule has 13 heteroatoms. The van der Waals surface area contributed by atoms with Gasteiger partial charge >= 0.3 is 35.8 Å². The van der Waals surface area contributed by atoms with E-state index in [0.29, 0.717) is 38.7 Å². The predicted molar refractivity (Wildman–Crippen MR) is 176 cm³/mol. The molecule has 0 aromatic rings. The summed E-state index contributed by atoms with van der Waals surface area (Å²) in [5, 5.41) is 19.6. The van der Waals surface area contributed by atoms with Crippen LogP contribution >= 0.6 is 0 Å². The highest BCUT2D eigenvalue weighted by Gasteiger charge is 2.71. The largest absolute Gasteiger partial charge is 0.481 e. The zero-order valence-corrected chi connectivity index (χ0v) is 30.1. The maximum absolute atomic E-state index is 14.1. The molecule has 0 aromatic carbocycles. The average Bonchev–Trinajstić information content (AvgIpc) is 3.99.